The SMILES string of the molecule is CCOc1cc(C(CS(C)(=O)=O)n2c(=O)[nH]c3c(-c4cnn(C)c4)ccnc32)ccc1OC. The molecule has 10 nitrogen and oxygen atoms in total. The number of rotatable bonds is 8. The number of ether oxygens (including phenoxy) is 2. The van der Waals surface area contributed by atoms with Crippen LogP contribution in [0, 0.1) is 0 Å². The number of hydrogen-bond acceptors (Lipinski definition) is 7. The van der Waals surface area contributed by atoms with Crippen LogP contribution in [-0.4, -0.2) is 58.5 Å². The summed E-state index contributed by atoms with van der Waals surface area (Å²) in [6, 6.07) is 6.08. The van der Waals surface area contributed by atoms with E-state index in [1.807, 2.05) is 13.1 Å². The van der Waals surface area contributed by atoms with Crippen LogP contribution in [0.3, 0.4) is 0 Å². The fraction of sp³-hybridized carbons (Fsp3) is 0.318. The highest BCUT2D eigenvalue weighted by molar-refractivity contribution is 7.90. The number of pyridine rings is 1. The van der Waals surface area contributed by atoms with Crippen molar-refractivity contribution in [2.45, 2.75) is 13.0 Å². The van der Waals surface area contributed by atoms with E-state index in [0.29, 0.717) is 34.8 Å². The van der Waals surface area contributed by atoms with Gasteiger partial charge in [0.05, 0.1) is 37.2 Å². The third-order valence-corrected chi connectivity index (χ3v) is 6.19. The Morgan fingerprint density at radius 3 is 2.64 bits per heavy atom. The molecule has 0 radical (unpaired) electrons. The van der Waals surface area contributed by atoms with Crippen molar-refractivity contribution in [3.8, 4) is 22.6 Å². The molecule has 3 heterocycles. The second-order valence-corrected chi connectivity index (χ2v) is 9.90. The number of benzene rings is 1. The molecular weight excluding hydrogens is 446 g/mol. The van der Waals surface area contributed by atoms with Gasteiger partial charge in [0.1, 0.15) is 9.84 Å². The molecule has 3 aromatic heterocycles. The summed E-state index contributed by atoms with van der Waals surface area (Å²) in [5, 5.41) is 4.20. The molecule has 4 aromatic rings. The maximum absolute atomic E-state index is 13.2. The van der Waals surface area contributed by atoms with Crippen LogP contribution in [0.5, 0.6) is 11.5 Å². The summed E-state index contributed by atoms with van der Waals surface area (Å²) in [5.74, 6) is 0.686. The van der Waals surface area contributed by atoms with E-state index in [2.05, 4.69) is 15.1 Å². The van der Waals surface area contributed by atoms with E-state index in [9.17, 15) is 13.2 Å². The third kappa shape index (κ3) is 4.49. The van der Waals surface area contributed by atoms with Gasteiger partial charge in [-0.05, 0) is 30.7 Å². The van der Waals surface area contributed by atoms with E-state index in [-0.39, 0.29) is 5.75 Å². The Kier molecular flexibility index (Phi) is 5.98. The van der Waals surface area contributed by atoms with Gasteiger partial charge in [-0.15, -0.1) is 0 Å². The number of fused-ring (bicyclic) bond motifs is 1. The molecule has 0 aliphatic heterocycles. The minimum Gasteiger partial charge on any atom is -0.493 e. The minimum atomic E-state index is -3.47. The number of hydrogen-bond donors (Lipinski definition) is 1. The lowest BCUT2D eigenvalue weighted by Gasteiger charge is -2.20. The second-order valence-electron chi connectivity index (χ2n) is 7.71. The Balaban J connectivity index is 1.94. The second kappa shape index (κ2) is 8.74. The molecule has 1 unspecified atom stereocenters. The van der Waals surface area contributed by atoms with Crippen LogP contribution in [0.1, 0.15) is 18.5 Å². The van der Waals surface area contributed by atoms with Crippen molar-refractivity contribution >= 4 is 21.0 Å². The molecule has 33 heavy (non-hydrogen) atoms. The first-order valence-corrected chi connectivity index (χ1v) is 12.3. The van der Waals surface area contributed by atoms with Crippen LogP contribution < -0.4 is 15.2 Å². The molecule has 11 heteroatoms. The molecule has 0 spiro atoms. The van der Waals surface area contributed by atoms with E-state index in [1.54, 1.807) is 48.4 Å². The standard InChI is InChI=1S/C22H25N5O5S/c1-5-32-19-10-14(6-7-18(19)31-3)17(13-33(4,29)30)27-21-20(25-22(27)28)16(8-9-23-21)15-11-24-26(2)12-15/h6-12,17H,5,13H2,1-4H3,(H,25,28). The first-order valence-electron chi connectivity index (χ1n) is 10.3. The topological polar surface area (TPSA) is 121 Å². The van der Waals surface area contributed by atoms with Crippen molar-refractivity contribution in [1.29, 1.82) is 0 Å². The summed E-state index contributed by atoms with van der Waals surface area (Å²) in [6.07, 6.45) is 6.25. The number of nitrogens with zero attached hydrogens (tertiary/aromatic N) is 4. The summed E-state index contributed by atoms with van der Waals surface area (Å²) in [5.41, 5.74) is 2.53. The summed E-state index contributed by atoms with van der Waals surface area (Å²) in [4.78, 5) is 20.4. The first kappa shape index (κ1) is 22.6. The number of aromatic amines is 1. The summed E-state index contributed by atoms with van der Waals surface area (Å²) in [6.45, 7) is 2.24. The van der Waals surface area contributed by atoms with Crippen molar-refractivity contribution < 1.29 is 17.9 Å². The predicted octanol–water partition coefficient (Wildman–Crippen LogP) is 2.17. The summed E-state index contributed by atoms with van der Waals surface area (Å²) in [7, 11) is -0.139. The maximum atomic E-state index is 13.2. The lowest BCUT2D eigenvalue weighted by atomic mass is 10.1. The molecule has 0 saturated heterocycles. The van der Waals surface area contributed by atoms with Crippen molar-refractivity contribution in [3.05, 3.63) is 58.9 Å². The fourth-order valence-electron chi connectivity index (χ4n) is 3.89. The molecule has 1 aromatic carbocycles. The normalized spacial score (nSPS) is 12.7. The van der Waals surface area contributed by atoms with Gasteiger partial charge in [-0.1, -0.05) is 6.07 Å². The number of aryl methyl sites for hydroxylation is 1. The zero-order valence-electron chi connectivity index (χ0n) is 18.8. The number of nitrogens with one attached hydrogen (secondary N) is 1. The number of sulfone groups is 1. The molecule has 174 valence electrons. The molecule has 0 fully saturated rings. The van der Waals surface area contributed by atoms with E-state index in [1.165, 1.54) is 11.7 Å². The average Bonchev–Trinajstić information content (AvgIpc) is 3.34. The fourth-order valence-corrected chi connectivity index (χ4v) is 4.80. The number of H-pyrrole nitrogens is 1. The largest absolute Gasteiger partial charge is 0.493 e. The summed E-state index contributed by atoms with van der Waals surface area (Å²) >= 11 is 0. The van der Waals surface area contributed by atoms with Gasteiger partial charge < -0.3 is 14.5 Å². The molecule has 1 atom stereocenters. The Labute approximate surface area is 190 Å². The zero-order chi connectivity index (χ0) is 23.8. The molecule has 0 aliphatic rings. The maximum Gasteiger partial charge on any atom is 0.328 e. The van der Waals surface area contributed by atoms with Crippen molar-refractivity contribution in [1.82, 2.24) is 24.3 Å². The van der Waals surface area contributed by atoms with Crippen molar-refractivity contribution in [2.75, 3.05) is 25.7 Å². The van der Waals surface area contributed by atoms with Gasteiger partial charge in [-0.2, -0.15) is 5.10 Å². The van der Waals surface area contributed by atoms with E-state index >= 15 is 0 Å². The summed E-state index contributed by atoms with van der Waals surface area (Å²) < 4.78 is 38.8. The highest BCUT2D eigenvalue weighted by atomic mass is 32.2. The van der Waals surface area contributed by atoms with Crippen LogP contribution in [0.2, 0.25) is 0 Å². The smallest absolute Gasteiger partial charge is 0.328 e. The highest BCUT2D eigenvalue weighted by Gasteiger charge is 2.26. The lowest BCUT2D eigenvalue weighted by Crippen LogP contribution is -2.28. The van der Waals surface area contributed by atoms with Crippen LogP contribution in [0.15, 0.2) is 47.7 Å². The van der Waals surface area contributed by atoms with E-state index in [0.717, 1.165) is 17.4 Å². The van der Waals surface area contributed by atoms with Gasteiger partial charge in [0.25, 0.3) is 0 Å². The predicted molar refractivity (Wildman–Crippen MR) is 125 cm³/mol. The van der Waals surface area contributed by atoms with Gasteiger partial charge in [0, 0.05) is 36.8 Å². The number of imidazole rings is 1. The molecule has 0 aliphatic carbocycles. The Bertz CT molecular complexity index is 1470. The van der Waals surface area contributed by atoms with Gasteiger partial charge >= 0.3 is 5.69 Å². The van der Waals surface area contributed by atoms with Crippen molar-refractivity contribution in [3.63, 3.8) is 0 Å². The number of methoxy groups -OCH3 is 1. The van der Waals surface area contributed by atoms with Crippen LogP contribution in [0.25, 0.3) is 22.3 Å². The van der Waals surface area contributed by atoms with Crippen molar-refractivity contribution in [2.24, 2.45) is 7.05 Å². The quantitative estimate of drug-likeness (QED) is 0.418. The zero-order valence-corrected chi connectivity index (χ0v) is 19.6. The molecule has 0 saturated carbocycles. The van der Waals surface area contributed by atoms with E-state index < -0.39 is 21.6 Å². The van der Waals surface area contributed by atoms with Gasteiger partial charge in [-0.25, -0.2) is 18.2 Å². The van der Waals surface area contributed by atoms with Gasteiger partial charge in [0.15, 0.2) is 17.1 Å². The monoisotopic (exact) mass is 471 g/mol. The Morgan fingerprint density at radius 1 is 1.21 bits per heavy atom. The lowest BCUT2D eigenvalue weighted by molar-refractivity contribution is 0.310. The first-order chi connectivity index (χ1) is 15.7. The van der Waals surface area contributed by atoms with E-state index in [4.69, 9.17) is 9.47 Å². The molecule has 0 amide bonds. The molecule has 4 rings (SSSR count). The minimum absolute atomic E-state index is 0.295. The number of aromatic nitrogens is 5. The average molecular weight is 472 g/mol. The third-order valence-electron chi connectivity index (χ3n) is 5.27. The molecule has 1 N–H and O–H groups in total. The van der Waals surface area contributed by atoms with Crippen LogP contribution >= 0.6 is 0 Å². The molecular formula is C22H25N5O5S. The van der Waals surface area contributed by atoms with Crippen LogP contribution in [0.4, 0.5) is 0 Å². The Morgan fingerprint density at radius 2 is 2.00 bits per heavy atom. The highest BCUT2D eigenvalue weighted by Crippen LogP contribution is 2.33. The van der Waals surface area contributed by atoms with Gasteiger partial charge in [-0.3, -0.25) is 9.25 Å². The Hall–Kier alpha value is -3.60. The molecule has 0 bridgehead atoms. The van der Waals surface area contributed by atoms with Crippen LogP contribution in [-0.2, 0) is 16.9 Å². The van der Waals surface area contributed by atoms with Gasteiger partial charge in [0.2, 0.25) is 0 Å².